The first-order valence-corrected chi connectivity index (χ1v) is 8.90. The van der Waals surface area contributed by atoms with Crippen molar-refractivity contribution in [2.75, 3.05) is 11.8 Å². The van der Waals surface area contributed by atoms with Crippen LogP contribution >= 0.6 is 31.9 Å². The lowest BCUT2D eigenvalue weighted by atomic mass is 10.3. The van der Waals surface area contributed by atoms with E-state index in [4.69, 9.17) is 4.74 Å². The topological polar surface area (TPSA) is 68.3 Å². The predicted octanol–water partition coefficient (Wildman–Crippen LogP) is 3.72. The van der Waals surface area contributed by atoms with E-state index in [1.807, 2.05) is 0 Å². The van der Waals surface area contributed by atoms with Gasteiger partial charge in [0, 0.05) is 8.95 Å². The molecule has 1 N–H and O–H groups in total. The van der Waals surface area contributed by atoms with Crippen molar-refractivity contribution in [2.24, 2.45) is 0 Å². The molecule has 0 bridgehead atoms. The maximum atomic E-state index is 12.5. The molecule has 0 atom stereocenters. The second-order valence-corrected chi connectivity index (χ2v) is 7.59. The zero-order chi connectivity index (χ0) is 15.6. The SMILES string of the molecule is COc1ccc(Br)cc1S(=O)(=O)Nc1ccc(Br)c(C)n1. The number of sulfonamides is 1. The average molecular weight is 436 g/mol. The Balaban J connectivity index is 2.42. The van der Waals surface area contributed by atoms with Gasteiger partial charge in [0.1, 0.15) is 16.5 Å². The second-order valence-electron chi connectivity index (χ2n) is 4.16. The molecule has 0 fully saturated rings. The molecular formula is C13H12Br2N2O3S. The molecule has 0 saturated heterocycles. The molecule has 0 spiro atoms. The van der Waals surface area contributed by atoms with E-state index in [1.54, 1.807) is 31.2 Å². The smallest absolute Gasteiger partial charge is 0.266 e. The van der Waals surface area contributed by atoms with Gasteiger partial charge in [0.2, 0.25) is 0 Å². The lowest BCUT2D eigenvalue weighted by Gasteiger charge is -2.12. The van der Waals surface area contributed by atoms with Gasteiger partial charge in [-0.2, -0.15) is 0 Å². The molecule has 0 amide bonds. The number of ether oxygens (including phenoxy) is 1. The summed E-state index contributed by atoms with van der Waals surface area (Å²) in [6.45, 7) is 1.78. The normalized spacial score (nSPS) is 11.2. The summed E-state index contributed by atoms with van der Waals surface area (Å²) in [4.78, 5) is 4.21. The number of rotatable bonds is 4. The first-order chi connectivity index (χ1) is 9.83. The lowest BCUT2D eigenvalue weighted by molar-refractivity contribution is 0.403. The molecule has 1 aromatic heterocycles. The van der Waals surface area contributed by atoms with Crippen molar-refractivity contribution >= 4 is 47.7 Å². The molecule has 0 radical (unpaired) electrons. The highest BCUT2D eigenvalue weighted by molar-refractivity contribution is 9.10. The minimum Gasteiger partial charge on any atom is -0.495 e. The van der Waals surface area contributed by atoms with Gasteiger partial charge in [-0.25, -0.2) is 13.4 Å². The molecule has 1 heterocycles. The van der Waals surface area contributed by atoms with Crippen molar-refractivity contribution in [3.8, 4) is 5.75 Å². The maximum Gasteiger partial charge on any atom is 0.266 e. The molecule has 0 aliphatic carbocycles. The van der Waals surface area contributed by atoms with Crippen LogP contribution in [0.3, 0.4) is 0 Å². The van der Waals surface area contributed by atoms with E-state index in [0.29, 0.717) is 10.2 Å². The van der Waals surface area contributed by atoms with Gasteiger partial charge in [-0.3, -0.25) is 4.72 Å². The van der Waals surface area contributed by atoms with Crippen molar-refractivity contribution < 1.29 is 13.2 Å². The zero-order valence-electron chi connectivity index (χ0n) is 11.2. The molecule has 2 rings (SSSR count). The van der Waals surface area contributed by atoms with E-state index in [0.717, 1.165) is 4.47 Å². The molecule has 5 nitrogen and oxygen atoms in total. The quantitative estimate of drug-likeness (QED) is 0.794. The van der Waals surface area contributed by atoms with Crippen LogP contribution in [0.1, 0.15) is 5.69 Å². The summed E-state index contributed by atoms with van der Waals surface area (Å²) in [6.07, 6.45) is 0. The molecular weight excluding hydrogens is 424 g/mol. The van der Waals surface area contributed by atoms with Gasteiger partial charge in [-0.1, -0.05) is 15.9 Å². The van der Waals surface area contributed by atoms with Crippen molar-refractivity contribution in [3.05, 3.63) is 45.0 Å². The molecule has 0 aliphatic rings. The van der Waals surface area contributed by atoms with Crippen molar-refractivity contribution in [3.63, 3.8) is 0 Å². The van der Waals surface area contributed by atoms with Crippen LogP contribution in [-0.2, 0) is 10.0 Å². The number of nitrogens with zero attached hydrogens (tertiary/aromatic N) is 1. The number of benzene rings is 1. The summed E-state index contributed by atoms with van der Waals surface area (Å²) >= 11 is 6.58. The Morgan fingerprint density at radius 2 is 1.90 bits per heavy atom. The summed E-state index contributed by atoms with van der Waals surface area (Å²) in [5.74, 6) is 0.511. The molecule has 112 valence electrons. The predicted molar refractivity (Wildman–Crippen MR) is 88.2 cm³/mol. The third-order valence-corrected chi connectivity index (χ3v) is 5.38. The molecule has 21 heavy (non-hydrogen) atoms. The average Bonchev–Trinajstić information content (AvgIpc) is 2.42. The Bertz CT molecular complexity index is 779. The number of aryl methyl sites for hydroxylation is 1. The number of aromatic nitrogens is 1. The van der Waals surface area contributed by atoms with Crippen LogP contribution < -0.4 is 9.46 Å². The standard InChI is InChI=1S/C13H12Br2N2O3S/c1-8-10(15)4-6-13(16-8)17-21(18,19)12-7-9(14)3-5-11(12)20-2/h3-7H,1-2H3,(H,16,17). The lowest BCUT2D eigenvalue weighted by Crippen LogP contribution is -2.15. The van der Waals surface area contributed by atoms with Gasteiger partial charge in [0.05, 0.1) is 12.8 Å². The van der Waals surface area contributed by atoms with Gasteiger partial charge >= 0.3 is 0 Å². The molecule has 8 heteroatoms. The van der Waals surface area contributed by atoms with Crippen LogP contribution in [0.15, 0.2) is 44.2 Å². The fraction of sp³-hybridized carbons (Fsp3) is 0.154. The van der Waals surface area contributed by atoms with E-state index in [9.17, 15) is 8.42 Å². The molecule has 0 saturated carbocycles. The van der Waals surface area contributed by atoms with Gasteiger partial charge < -0.3 is 4.74 Å². The third kappa shape index (κ3) is 3.75. The number of pyridine rings is 1. The second kappa shape index (κ2) is 6.33. The molecule has 1 aromatic carbocycles. The van der Waals surface area contributed by atoms with Crippen LogP contribution in [0, 0.1) is 6.92 Å². The number of methoxy groups -OCH3 is 1. The van der Waals surface area contributed by atoms with E-state index in [-0.39, 0.29) is 16.5 Å². The van der Waals surface area contributed by atoms with Crippen LogP contribution in [0.4, 0.5) is 5.82 Å². The summed E-state index contributed by atoms with van der Waals surface area (Å²) in [7, 11) is -2.37. The van der Waals surface area contributed by atoms with Gasteiger partial charge in [0.15, 0.2) is 0 Å². The van der Waals surface area contributed by atoms with E-state index >= 15 is 0 Å². The van der Waals surface area contributed by atoms with E-state index in [1.165, 1.54) is 13.2 Å². The number of hydrogen-bond acceptors (Lipinski definition) is 4. The number of nitrogens with one attached hydrogen (secondary N) is 1. The fourth-order valence-electron chi connectivity index (χ4n) is 1.65. The largest absolute Gasteiger partial charge is 0.495 e. The molecule has 2 aromatic rings. The Labute approximate surface area is 140 Å². The molecule has 0 unspecified atom stereocenters. The Morgan fingerprint density at radius 3 is 2.52 bits per heavy atom. The Kier molecular flexibility index (Phi) is 4.90. The van der Waals surface area contributed by atoms with Crippen LogP contribution in [0.25, 0.3) is 0 Å². The highest BCUT2D eigenvalue weighted by Crippen LogP contribution is 2.29. The Hall–Kier alpha value is -1.12. The first-order valence-electron chi connectivity index (χ1n) is 5.83. The van der Waals surface area contributed by atoms with E-state index < -0.39 is 10.0 Å². The van der Waals surface area contributed by atoms with Gasteiger partial charge in [-0.15, -0.1) is 0 Å². The van der Waals surface area contributed by atoms with Gasteiger partial charge in [-0.05, 0) is 53.2 Å². The number of anilines is 1. The minimum absolute atomic E-state index is 0.0433. The van der Waals surface area contributed by atoms with Crippen molar-refractivity contribution in [2.45, 2.75) is 11.8 Å². The van der Waals surface area contributed by atoms with Crippen LogP contribution in [0.2, 0.25) is 0 Å². The third-order valence-electron chi connectivity index (χ3n) is 2.68. The summed E-state index contributed by atoms with van der Waals surface area (Å²) < 4.78 is 33.9. The minimum atomic E-state index is -3.79. The number of hydrogen-bond donors (Lipinski definition) is 1. The first kappa shape index (κ1) is 16.3. The fourth-order valence-corrected chi connectivity index (χ4v) is 3.58. The van der Waals surface area contributed by atoms with Crippen molar-refractivity contribution in [1.29, 1.82) is 0 Å². The monoisotopic (exact) mass is 434 g/mol. The maximum absolute atomic E-state index is 12.5. The summed E-state index contributed by atoms with van der Waals surface area (Å²) in [6, 6.07) is 8.09. The zero-order valence-corrected chi connectivity index (χ0v) is 15.2. The highest BCUT2D eigenvalue weighted by atomic mass is 79.9. The van der Waals surface area contributed by atoms with E-state index in [2.05, 4.69) is 41.6 Å². The van der Waals surface area contributed by atoms with Crippen LogP contribution in [-0.4, -0.2) is 20.5 Å². The summed E-state index contributed by atoms with van der Waals surface area (Å²) in [5, 5.41) is 0. The van der Waals surface area contributed by atoms with Crippen molar-refractivity contribution in [1.82, 2.24) is 4.98 Å². The Morgan fingerprint density at radius 1 is 1.19 bits per heavy atom. The van der Waals surface area contributed by atoms with Gasteiger partial charge in [0.25, 0.3) is 10.0 Å². The summed E-state index contributed by atoms with van der Waals surface area (Å²) in [5.41, 5.74) is 0.691. The molecule has 0 aliphatic heterocycles. The van der Waals surface area contributed by atoms with Crippen LogP contribution in [0.5, 0.6) is 5.75 Å². The highest BCUT2D eigenvalue weighted by Gasteiger charge is 2.20. The number of halogens is 2.